The smallest absolute Gasteiger partial charge is 0.226 e. The molecule has 1 atom stereocenters. The third-order valence-electron chi connectivity index (χ3n) is 1.86. The summed E-state index contributed by atoms with van der Waals surface area (Å²) in [5.41, 5.74) is 0.404. The lowest BCUT2D eigenvalue weighted by atomic mass is 10.1. The van der Waals surface area contributed by atoms with Gasteiger partial charge in [-0.05, 0) is 12.1 Å². The number of rotatable bonds is 2. The van der Waals surface area contributed by atoms with Crippen molar-refractivity contribution in [3.63, 3.8) is 0 Å². The third-order valence-corrected chi connectivity index (χ3v) is 2.30. The second-order valence-corrected chi connectivity index (χ2v) is 3.52. The molecular formula is C8H7NO4S. The standard InChI is InChI=1S/C8H7NO4S/c10-7-5-3-1-2-4-6(5)13-8(7)9-14(11)12/h1-4,8,14H,(H,9,11,12). The maximum atomic E-state index is 11.5. The molecule has 0 spiro atoms. The highest BCUT2D eigenvalue weighted by atomic mass is 32.2. The van der Waals surface area contributed by atoms with Crippen LogP contribution in [0.2, 0.25) is 0 Å². The number of thiol groups is 1. The number of carbonyl (C=O) groups excluding carboxylic acids is 1. The first-order valence-corrected chi connectivity index (χ1v) is 5.06. The van der Waals surface area contributed by atoms with E-state index in [1.807, 2.05) is 4.72 Å². The molecule has 1 aliphatic heterocycles. The van der Waals surface area contributed by atoms with E-state index in [2.05, 4.69) is 0 Å². The van der Waals surface area contributed by atoms with E-state index in [0.29, 0.717) is 11.3 Å². The molecule has 5 nitrogen and oxygen atoms in total. The van der Waals surface area contributed by atoms with Crippen molar-refractivity contribution in [3.05, 3.63) is 29.8 Å². The summed E-state index contributed by atoms with van der Waals surface area (Å²) in [5, 5.41) is 0. The predicted octanol–water partition coefficient (Wildman–Crippen LogP) is -0.296. The fraction of sp³-hybridized carbons (Fsp3) is 0.125. The normalized spacial score (nSPS) is 19.5. The van der Waals surface area contributed by atoms with E-state index in [1.165, 1.54) is 0 Å². The van der Waals surface area contributed by atoms with Crippen molar-refractivity contribution in [2.45, 2.75) is 6.23 Å². The lowest BCUT2D eigenvalue weighted by Gasteiger charge is -2.04. The molecule has 1 heterocycles. The molecule has 1 aliphatic rings. The second kappa shape index (κ2) is 3.39. The number of hydrogen-bond acceptors (Lipinski definition) is 4. The number of para-hydroxylation sites is 1. The molecule has 0 radical (unpaired) electrons. The van der Waals surface area contributed by atoms with Gasteiger partial charge in [0.1, 0.15) is 5.75 Å². The predicted molar refractivity (Wildman–Crippen MR) is 48.6 cm³/mol. The molecule has 0 aliphatic carbocycles. The number of Topliss-reactive ketones (excluding diaryl/α,β-unsaturated/α-hetero) is 1. The van der Waals surface area contributed by atoms with Crippen LogP contribution < -0.4 is 9.46 Å². The molecule has 2 rings (SSSR count). The molecule has 0 bridgehead atoms. The molecule has 0 saturated heterocycles. The van der Waals surface area contributed by atoms with Gasteiger partial charge in [0.05, 0.1) is 5.56 Å². The average Bonchev–Trinajstić information content (AvgIpc) is 2.44. The SMILES string of the molecule is O=C1c2ccccc2OC1N[SH](=O)=O. The van der Waals surface area contributed by atoms with E-state index in [1.54, 1.807) is 24.3 Å². The van der Waals surface area contributed by atoms with Crippen LogP contribution in [-0.2, 0) is 10.9 Å². The van der Waals surface area contributed by atoms with Gasteiger partial charge >= 0.3 is 0 Å². The summed E-state index contributed by atoms with van der Waals surface area (Å²) in [6.07, 6.45) is -1.10. The van der Waals surface area contributed by atoms with Crippen LogP contribution in [0.5, 0.6) is 5.75 Å². The zero-order valence-electron chi connectivity index (χ0n) is 6.97. The summed E-state index contributed by atoms with van der Waals surface area (Å²) in [4.78, 5) is 11.5. The van der Waals surface area contributed by atoms with Crippen molar-refractivity contribution < 1.29 is 17.9 Å². The molecule has 1 aromatic carbocycles. The van der Waals surface area contributed by atoms with Crippen molar-refractivity contribution >= 4 is 16.7 Å². The van der Waals surface area contributed by atoms with Gasteiger partial charge < -0.3 is 4.74 Å². The quantitative estimate of drug-likeness (QED) is 0.662. The molecule has 0 fully saturated rings. The van der Waals surface area contributed by atoms with Crippen LogP contribution in [0.15, 0.2) is 24.3 Å². The van der Waals surface area contributed by atoms with Crippen LogP contribution in [-0.4, -0.2) is 20.4 Å². The highest BCUT2D eigenvalue weighted by Crippen LogP contribution is 2.26. The van der Waals surface area contributed by atoms with Crippen LogP contribution in [0.1, 0.15) is 10.4 Å². The van der Waals surface area contributed by atoms with Gasteiger partial charge in [-0.15, -0.1) is 0 Å². The van der Waals surface area contributed by atoms with Gasteiger partial charge in [0.2, 0.25) is 22.9 Å². The highest BCUT2D eigenvalue weighted by molar-refractivity contribution is 7.70. The first-order valence-electron chi connectivity index (χ1n) is 3.89. The summed E-state index contributed by atoms with van der Waals surface area (Å²) in [6.45, 7) is 0. The van der Waals surface area contributed by atoms with Crippen LogP contribution in [0, 0.1) is 0 Å². The number of benzene rings is 1. The zero-order valence-corrected chi connectivity index (χ0v) is 7.86. The first kappa shape index (κ1) is 9.17. The Hall–Kier alpha value is -1.40. The molecule has 0 saturated carbocycles. The molecule has 1 aromatic rings. The second-order valence-electron chi connectivity index (χ2n) is 2.74. The van der Waals surface area contributed by atoms with Crippen molar-refractivity contribution in [1.82, 2.24) is 4.72 Å². The van der Waals surface area contributed by atoms with Gasteiger partial charge in [-0.3, -0.25) is 4.79 Å². The van der Waals surface area contributed by atoms with Gasteiger partial charge in [0.15, 0.2) is 0 Å². The molecule has 1 unspecified atom stereocenters. The van der Waals surface area contributed by atoms with Gasteiger partial charge in [-0.2, -0.15) is 4.72 Å². The van der Waals surface area contributed by atoms with Crippen molar-refractivity contribution in [2.75, 3.05) is 0 Å². The van der Waals surface area contributed by atoms with Crippen molar-refractivity contribution in [1.29, 1.82) is 0 Å². The average molecular weight is 213 g/mol. The first-order chi connectivity index (χ1) is 6.68. The van der Waals surface area contributed by atoms with Crippen molar-refractivity contribution in [3.8, 4) is 5.75 Å². The maximum Gasteiger partial charge on any atom is 0.226 e. The van der Waals surface area contributed by atoms with E-state index < -0.39 is 17.1 Å². The number of ketones is 1. The Morgan fingerprint density at radius 3 is 2.64 bits per heavy atom. The highest BCUT2D eigenvalue weighted by Gasteiger charge is 2.32. The van der Waals surface area contributed by atoms with Crippen molar-refractivity contribution in [2.24, 2.45) is 0 Å². The molecule has 6 heteroatoms. The summed E-state index contributed by atoms with van der Waals surface area (Å²) in [7, 11) is -2.84. The Morgan fingerprint density at radius 1 is 1.29 bits per heavy atom. The van der Waals surface area contributed by atoms with E-state index in [0.717, 1.165) is 0 Å². The van der Waals surface area contributed by atoms with Crippen LogP contribution in [0.4, 0.5) is 0 Å². The minimum atomic E-state index is -2.84. The molecule has 0 aromatic heterocycles. The van der Waals surface area contributed by atoms with Gasteiger partial charge in [0.25, 0.3) is 0 Å². The fourth-order valence-corrected chi connectivity index (χ4v) is 1.64. The summed E-state index contributed by atoms with van der Waals surface area (Å²) in [6, 6.07) is 6.62. The Labute approximate surface area is 81.8 Å². The van der Waals surface area contributed by atoms with E-state index in [4.69, 9.17) is 4.74 Å². The monoisotopic (exact) mass is 213 g/mol. The molecular weight excluding hydrogens is 206 g/mol. The number of hydrogen-bond donors (Lipinski definition) is 2. The number of ether oxygens (including phenoxy) is 1. The summed E-state index contributed by atoms with van der Waals surface area (Å²) in [5.74, 6) is 0.0478. The zero-order chi connectivity index (χ0) is 10.1. The Morgan fingerprint density at radius 2 is 2.00 bits per heavy atom. The minimum absolute atomic E-state index is 0.361. The van der Waals surface area contributed by atoms with E-state index >= 15 is 0 Å². The van der Waals surface area contributed by atoms with E-state index in [-0.39, 0.29) is 5.78 Å². The summed E-state index contributed by atoms with van der Waals surface area (Å²) < 4.78 is 27.8. The number of carbonyl (C=O) groups is 1. The summed E-state index contributed by atoms with van der Waals surface area (Å²) >= 11 is 0. The molecule has 14 heavy (non-hydrogen) atoms. The number of fused-ring (bicyclic) bond motifs is 1. The Bertz CT molecular complexity index is 446. The minimum Gasteiger partial charge on any atom is -0.466 e. The van der Waals surface area contributed by atoms with Crippen LogP contribution in [0.3, 0.4) is 0 Å². The maximum absolute atomic E-state index is 11.5. The lowest BCUT2D eigenvalue weighted by Crippen LogP contribution is -2.36. The fourth-order valence-electron chi connectivity index (χ4n) is 1.28. The van der Waals surface area contributed by atoms with Crippen LogP contribution >= 0.6 is 0 Å². The Kier molecular flexibility index (Phi) is 2.22. The third kappa shape index (κ3) is 1.49. The largest absolute Gasteiger partial charge is 0.466 e. The van der Waals surface area contributed by atoms with Gasteiger partial charge in [0, 0.05) is 0 Å². The molecule has 74 valence electrons. The topological polar surface area (TPSA) is 72.5 Å². The van der Waals surface area contributed by atoms with E-state index in [9.17, 15) is 13.2 Å². The number of nitrogens with one attached hydrogen (secondary N) is 1. The lowest BCUT2D eigenvalue weighted by molar-refractivity contribution is 0.0844. The molecule has 1 N–H and O–H groups in total. The van der Waals surface area contributed by atoms with Gasteiger partial charge in [-0.25, -0.2) is 8.42 Å². The van der Waals surface area contributed by atoms with Crippen LogP contribution in [0.25, 0.3) is 0 Å². The Balaban J connectivity index is 2.30. The molecule has 0 amide bonds. The van der Waals surface area contributed by atoms with Gasteiger partial charge in [-0.1, -0.05) is 12.1 Å².